The Kier molecular flexibility index (Phi) is 5.66. The summed E-state index contributed by atoms with van der Waals surface area (Å²) in [6.07, 6.45) is 2.84. The van der Waals surface area contributed by atoms with Crippen LogP contribution in [-0.2, 0) is 21.9 Å². The van der Waals surface area contributed by atoms with Crippen LogP contribution in [0, 0.1) is 13.8 Å². The van der Waals surface area contributed by atoms with Crippen molar-refractivity contribution in [3.63, 3.8) is 0 Å². The van der Waals surface area contributed by atoms with E-state index in [0.29, 0.717) is 23.7 Å². The number of aryl methyl sites for hydroxylation is 3. The Morgan fingerprint density at radius 1 is 1.21 bits per heavy atom. The van der Waals surface area contributed by atoms with Crippen LogP contribution in [0.3, 0.4) is 0 Å². The normalized spacial score (nSPS) is 19.9. The van der Waals surface area contributed by atoms with Crippen molar-refractivity contribution >= 4 is 21.6 Å². The number of anilines is 1. The highest BCUT2D eigenvalue weighted by atomic mass is 32.2. The summed E-state index contributed by atoms with van der Waals surface area (Å²) >= 11 is 0. The first kappa shape index (κ1) is 22.6. The van der Waals surface area contributed by atoms with Crippen molar-refractivity contribution < 1.29 is 22.5 Å². The maximum absolute atomic E-state index is 13.1. The zero-order chi connectivity index (χ0) is 24.0. The second-order valence-electron chi connectivity index (χ2n) is 8.61. The average molecular weight is 487 g/mol. The summed E-state index contributed by atoms with van der Waals surface area (Å²) in [6, 6.07) is 5.27. The molecule has 1 saturated heterocycles. The van der Waals surface area contributed by atoms with Crippen molar-refractivity contribution in [2.45, 2.75) is 24.8 Å². The van der Waals surface area contributed by atoms with Crippen LogP contribution in [0.25, 0.3) is 11.1 Å². The number of hydrogen-bond acceptors (Lipinski definition) is 8. The number of aromatic nitrogens is 3. The van der Waals surface area contributed by atoms with E-state index in [9.17, 15) is 13.2 Å². The molecular weight excluding hydrogens is 460 g/mol. The smallest absolute Gasteiger partial charge is 0.246 e. The summed E-state index contributed by atoms with van der Waals surface area (Å²) in [5.41, 5.74) is 3.07. The fraction of sp³-hybridized carbons (Fsp3) is 0.409. The molecule has 0 radical (unpaired) electrons. The van der Waals surface area contributed by atoms with Gasteiger partial charge in [-0.05, 0) is 31.5 Å². The molecule has 0 bridgehead atoms. The number of amides is 1. The van der Waals surface area contributed by atoms with Gasteiger partial charge >= 0.3 is 0 Å². The van der Waals surface area contributed by atoms with Gasteiger partial charge in [-0.2, -0.15) is 9.40 Å². The molecular formula is C22H26N6O5S. The van der Waals surface area contributed by atoms with Crippen molar-refractivity contribution in [1.82, 2.24) is 24.1 Å². The highest BCUT2D eigenvalue weighted by molar-refractivity contribution is 7.89. The first-order valence-corrected chi connectivity index (χ1v) is 12.4. The lowest BCUT2D eigenvalue weighted by Gasteiger charge is -2.39. The van der Waals surface area contributed by atoms with Gasteiger partial charge in [0.2, 0.25) is 15.9 Å². The molecule has 5 rings (SSSR count). The topological polar surface area (TPSA) is 123 Å². The second kappa shape index (κ2) is 8.53. The molecule has 0 aliphatic carbocycles. The second-order valence-corrected chi connectivity index (χ2v) is 10.5. The number of carbonyl (C=O) groups excluding carboxylic acids is 1. The highest BCUT2D eigenvalue weighted by Crippen LogP contribution is 2.35. The van der Waals surface area contributed by atoms with E-state index in [1.165, 1.54) is 21.4 Å². The quantitative estimate of drug-likeness (QED) is 0.589. The third-order valence-corrected chi connectivity index (χ3v) is 8.06. The first-order chi connectivity index (χ1) is 16.2. The largest absolute Gasteiger partial charge is 0.490 e. The van der Waals surface area contributed by atoms with E-state index in [1.807, 2.05) is 30.9 Å². The van der Waals surface area contributed by atoms with Crippen LogP contribution >= 0.6 is 0 Å². The predicted molar refractivity (Wildman–Crippen MR) is 123 cm³/mol. The van der Waals surface area contributed by atoms with Gasteiger partial charge in [0.05, 0.1) is 30.2 Å². The lowest BCUT2D eigenvalue weighted by atomic mass is 10.0. The Labute approximate surface area is 197 Å². The van der Waals surface area contributed by atoms with Gasteiger partial charge in [-0.25, -0.2) is 8.42 Å². The van der Waals surface area contributed by atoms with Crippen molar-refractivity contribution in [2.75, 3.05) is 38.1 Å². The van der Waals surface area contributed by atoms with Gasteiger partial charge in [0.25, 0.3) is 0 Å². The molecule has 1 N–H and O–H groups in total. The molecule has 0 spiro atoms. The summed E-state index contributed by atoms with van der Waals surface area (Å²) in [7, 11) is -2.01. The number of piperazine rings is 1. The van der Waals surface area contributed by atoms with Gasteiger partial charge in [0, 0.05) is 38.4 Å². The van der Waals surface area contributed by atoms with Crippen molar-refractivity contribution in [3.8, 4) is 16.9 Å². The number of ether oxygens (including phenoxy) is 1. The minimum absolute atomic E-state index is 0.143. The van der Waals surface area contributed by atoms with E-state index < -0.39 is 10.0 Å². The van der Waals surface area contributed by atoms with Gasteiger partial charge in [-0.1, -0.05) is 11.2 Å². The van der Waals surface area contributed by atoms with Gasteiger partial charge in [-0.15, -0.1) is 0 Å². The number of nitrogens with one attached hydrogen (secondary N) is 1. The molecule has 3 aromatic rings. The SMILES string of the molecule is Cc1noc(C)c1-c1ccc2c(c1)NC(=O)CN1CCN(S(=O)(=O)c3cnn(C)c3)C[C@@H]1CO2. The Bertz CT molecular complexity index is 1330. The molecule has 11 nitrogen and oxygen atoms in total. The zero-order valence-electron chi connectivity index (χ0n) is 19.2. The van der Waals surface area contributed by atoms with E-state index >= 15 is 0 Å². The fourth-order valence-corrected chi connectivity index (χ4v) is 5.95. The van der Waals surface area contributed by atoms with Crippen LogP contribution in [0.5, 0.6) is 5.75 Å². The summed E-state index contributed by atoms with van der Waals surface area (Å²) in [5, 5.41) is 10.9. The molecule has 2 aliphatic heterocycles. The number of rotatable bonds is 3. The highest BCUT2D eigenvalue weighted by Gasteiger charge is 2.36. The van der Waals surface area contributed by atoms with E-state index in [4.69, 9.17) is 9.26 Å². The van der Waals surface area contributed by atoms with Crippen LogP contribution in [0.15, 0.2) is 40.0 Å². The first-order valence-electron chi connectivity index (χ1n) is 10.9. The molecule has 1 aromatic carbocycles. The number of benzene rings is 1. The summed E-state index contributed by atoms with van der Waals surface area (Å²) in [5.74, 6) is 1.04. The number of nitrogens with zero attached hydrogens (tertiary/aromatic N) is 5. The summed E-state index contributed by atoms with van der Waals surface area (Å²) in [4.78, 5) is 15.0. The standard InChI is InChI=1S/C22H26N6O5S/c1-14-22(15(2)33-25-14)16-4-5-20-19(8-16)24-21(29)12-27-6-7-28(10-17(27)13-32-20)34(30,31)18-9-23-26(3)11-18/h4-5,8-9,11,17H,6-7,10,12-13H2,1-3H3,(H,24,29)/t17-/m1/s1. The van der Waals surface area contributed by atoms with Gasteiger partial charge < -0.3 is 14.6 Å². The molecule has 1 atom stereocenters. The van der Waals surface area contributed by atoms with Crippen molar-refractivity contribution in [1.29, 1.82) is 0 Å². The van der Waals surface area contributed by atoms with Crippen LogP contribution in [0.1, 0.15) is 11.5 Å². The Morgan fingerprint density at radius 3 is 2.74 bits per heavy atom. The molecule has 1 fully saturated rings. The van der Waals surface area contributed by atoms with Crippen molar-refractivity contribution in [3.05, 3.63) is 42.0 Å². The van der Waals surface area contributed by atoms with Gasteiger partial charge in [-0.3, -0.25) is 14.4 Å². The van der Waals surface area contributed by atoms with E-state index in [1.54, 1.807) is 13.1 Å². The number of carbonyl (C=O) groups is 1. The monoisotopic (exact) mass is 486 g/mol. The third-order valence-electron chi connectivity index (χ3n) is 6.24. The van der Waals surface area contributed by atoms with Gasteiger partial charge in [0.15, 0.2) is 0 Å². The van der Waals surface area contributed by atoms with Crippen LogP contribution in [-0.4, -0.2) is 77.3 Å². The van der Waals surface area contributed by atoms with Crippen LogP contribution in [0.2, 0.25) is 0 Å². The Morgan fingerprint density at radius 2 is 2.03 bits per heavy atom. The molecule has 4 heterocycles. The lowest BCUT2D eigenvalue weighted by Crippen LogP contribution is -2.57. The number of hydrogen-bond donors (Lipinski definition) is 1. The number of sulfonamides is 1. The lowest BCUT2D eigenvalue weighted by molar-refractivity contribution is -0.118. The molecule has 34 heavy (non-hydrogen) atoms. The average Bonchev–Trinajstić information content (AvgIpc) is 3.39. The minimum Gasteiger partial charge on any atom is -0.490 e. The van der Waals surface area contributed by atoms with Crippen LogP contribution < -0.4 is 10.1 Å². The Balaban J connectivity index is 1.40. The Hall–Kier alpha value is -3.22. The van der Waals surface area contributed by atoms with Gasteiger partial charge in [0.1, 0.15) is 23.0 Å². The van der Waals surface area contributed by atoms with Crippen LogP contribution in [0.4, 0.5) is 5.69 Å². The zero-order valence-corrected chi connectivity index (χ0v) is 20.0. The number of fused-ring (bicyclic) bond motifs is 2. The minimum atomic E-state index is -3.68. The van der Waals surface area contributed by atoms with E-state index in [2.05, 4.69) is 15.6 Å². The molecule has 2 aliphatic rings. The molecule has 0 saturated carbocycles. The molecule has 0 unspecified atom stereocenters. The molecule has 12 heteroatoms. The third kappa shape index (κ3) is 4.08. The summed E-state index contributed by atoms with van der Waals surface area (Å²) in [6.45, 7) is 5.01. The molecule has 2 aromatic heterocycles. The molecule has 1 amide bonds. The van der Waals surface area contributed by atoms with Crippen molar-refractivity contribution in [2.24, 2.45) is 7.05 Å². The predicted octanol–water partition coefficient (Wildman–Crippen LogP) is 1.40. The van der Waals surface area contributed by atoms with E-state index in [-0.39, 0.29) is 43.1 Å². The fourth-order valence-electron chi connectivity index (χ4n) is 4.49. The van der Waals surface area contributed by atoms with E-state index in [0.717, 1.165) is 16.8 Å². The maximum atomic E-state index is 13.1. The molecule has 180 valence electrons. The summed E-state index contributed by atoms with van der Waals surface area (Å²) < 4.78 is 40.4. The maximum Gasteiger partial charge on any atom is 0.246 e.